The molecule has 29 heteroatoms. The van der Waals surface area contributed by atoms with Gasteiger partial charge >= 0.3 is 10.4 Å². The van der Waals surface area contributed by atoms with Crippen LogP contribution in [0.2, 0.25) is 0 Å². The van der Waals surface area contributed by atoms with Crippen LogP contribution in [0.5, 0.6) is 5.75 Å². The van der Waals surface area contributed by atoms with Crippen LogP contribution in [0.1, 0.15) is 78.2 Å². The summed E-state index contributed by atoms with van der Waals surface area (Å²) in [5, 5.41) is 110. The van der Waals surface area contributed by atoms with Crippen molar-refractivity contribution >= 4 is 28.1 Å². The molecule has 1 aromatic carbocycles. The quantitative estimate of drug-likeness (QED) is 0.0269. The molecule has 78 heavy (non-hydrogen) atoms. The lowest BCUT2D eigenvalue weighted by Gasteiger charge is -2.51. The van der Waals surface area contributed by atoms with Gasteiger partial charge in [-0.2, -0.15) is 8.42 Å². The van der Waals surface area contributed by atoms with Gasteiger partial charge in [-0.1, -0.05) is 50.5 Å². The molecule has 0 spiro atoms. The molecule has 3 amide bonds. The van der Waals surface area contributed by atoms with Crippen LogP contribution in [0.4, 0.5) is 0 Å². The largest absolute Gasteiger partial charge is 0.494 e. The number of carbonyl (C=O) groups excluding carboxylic acids is 3. The Morgan fingerprint density at radius 2 is 1.12 bits per heavy atom. The summed E-state index contributed by atoms with van der Waals surface area (Å²) in [7, 11) is -3.85. The molecule has 13 N–H and O–H groups in total. The van der Waals surface area contributed by atoms with Crippen LogP contribution in [0.3, 0.4) is 0 Å². The molecule has 4 fully saturated rings. The maximum absolute atomic E-state index is 12.8. The van der Waals surface area contributed by atoms with E-state index >= 15 is 0 Å². The molecular weight excluding hydrogens is 1060 g/mol. The Labute approximate surface area is 452 Å². The van der Waals surface area contributed by atoms with Crippen LogP contribution in [0.15, 0.2) is 36.4 Å². The molecule has 4 saturated heterocycles. The third kappa shape index (κ3) is 18.2. The third-order valence-electron chi connectivity index (χ3n) is 13.5. The molecule has 0 bridgehead atoms. The molecular formula is C49H80N4O24S. The molecule has 5 rings (SSSR count). The lowest BCUT2D eigenvalue weighted by molar-refractivity contribution is -0.362. The SMILES string of the molecule is CCCCCC/C=C\CCCOc1cccc(CNC2C(OC3C(CO)OC(OC4C(CO)OC(OC5C(COS(=O)(=O)OC)OC(O)C(NC(C)=O)C5O)C(NC(C)=O)C4O)C(NC(C)=O)C3O)OC(CO)C(O)C2O)c1. The topological polar surface area (TPSA) is 408 Å². The number of hydrogen-bond donors (Lipinski definition) is 13. The zero-order valence-corrected chi connectivity index (χ0v) is 45.1. The van der Waals surface area contributed by atoms with Crippen molar-refractivity contribution in [3.63, 3.8) is 0 Å². The van der Waals surface area contributed by atoms with E-state index in [0.717, 1.165) is 47.1 Å². The average Bonchev–Trinajstić information content (AvgIpc) is 3.40. The number of ether oxygens (including phenoxy) is 8. The van der Waals surface area contributed by atoms with Crippen molar-refractivity contribution in [2.75, 3.05) is 40.1 Å². The Morgan fingerprint density at radius 1 is 0.615 bits per heavy atom. The van der Waals surface area contributed by atoms with Crippen molar-refractivity contribution in [1.29, 1.82) is 0 Å². The number of rotatable bonds is 29. The predicted molar refractivity (Wildman–Crippen MR) is 267 cm³/mol. The van der Waals surface area contributed by atoms with Gasteiger partial charge in [-0.25, -0.2) is 4.18 Å². The molecule has 20 atom stereocenters. The van der Waals surface area contributed by atoms with Crippen molar-refractivity contribution in [3.8, 4) is 5.75 Å². The zero-order valence-electron chi connectivity index (χ0n) is 44.3. The molecule has 446 valence electrons. The first-order valence-corrected chi connectivity index (χ1v) is 27.4. The van der Waals surface area contributed by atoms with Gasteiger partial charge in [0.05, 0.1) is 46.2 Å². The molecule has 0 saturated carbocycles. The first kappa shape index (κ1) is 65.2. The maximum atomic E-state index is 12.8. The van der Waals surface area contributed by atoms with Gasteiger partial charge in [0.15, 0.2) is 25.2 Å². The van der Waals surface area contributed by atoms with Gasteiger partial charge < -0.3 is 105 Å². The highest BCUT2D eigenvalue weighted by molar-refractivity contribution is 7.81. The summed E-state index contributed by atoms with van der Waals surface area (Å²) in [5.74, 6) is -1.70. The first-order valence-electron chi connectivity index (χ1n) is 26.0. The fourth-order valence-electron chi connectivity index (χ4n) is 9.48. The molecule has 0 aromatic heterocycles. The zero-order chi connectivity index (χ0) is 57.3. The highest BCUT2D eigenvalue weighted by Gasteiger charge is 2.56. The summed E-state index contributed by atoms with van der Waals surface area (Å²) in [5.41, 5.74) is 0.697. The molecule has 4 aliphatic rings. The maximum Gasteiger partial charge on any atom is 0.399 e. The van der Waals surface area contributed by atoms with E-state index in [2.05, 4.69) is 44.5 Å². The van der Waals surface area contributed by atoms with Gasteiger partial charge in [0.25, 0.3) is 0 Å². The van der Waals surface area contributed by atoms with Gasteiger partial charge in [0.2, 0.25) is 17.7 Å². The van der Waals surface area contributed by atoms with Crippen molar-refractivity contribution < 1.29 is 115 Å². The standard InChI is InChI=1S/C49H80N4O24S/c1-6-7-8-9-10-11-12-13-14-18-69-29-17-15-16-28(19-29)20-50-35-39(61)38(60)30(21-54)72-47(35)75-43-31(22-55)73-48(36(41(43)63)52-26(3)58)76-44-32(23-56)74-49(37(42(44)64)53-27(4)59)77-45-33(24-70-78(66,67)68-5)71-46(65)34(40(45)62)51-25(2)57/h11-12,15-17,19,30-50,54-56,60-65H,6-10,13-14,18,20-24H2,1-5H3,(H,51,57)(H,52,58)(H,53,59)/b12-11-. The number of unbranched alkanes of at least 4 members (excludes halogenated alkanes) is 5. The summed E-state index contributed by atoms with van der Waals surface area (Å²) in [4.78, 5) is 37.4. The molecule has 20 unspecified atom stereocenters. The molecule has 0 aliphatic carbocycles. The number of hydrogen-bond acceptors (Lipinski definition) is 25. The van der Waals surface area contributed by atoms with E-state index in [1.165, 1.54) is 25.7 Å². The Balaban J connectivity index is 1.33. The number of benzene rings is 1. The third-order valence-corrected chi connectivity index (χ3v) is 14.3. The van der Waals surface area contributed by atoms with Crippen molar-refractivity contribution in [2.45, 2.75) is 202 Å². The number of aliphatic hydroxyl groups is 9. The summed E-state index contributed by atoms with van der Waals surface area (Å²) in [6.07, 6.45) is -16.0. The van der Waals surface area contributed by atoms with Crippen LogP contribution in [-0.4, -0.2) is 235 Å². The number of carbonyl (C=O) groups is 3. The van der Waals surface area contributed by atoms with Crippen LogP contribution in [0, 0.1) is 0 Å². The minimum Gasteiger partial charge on any atom is -0.494 e. The predicted octanol–water partition coefficient (Wildman–Crippen LogP) is -3.92. The number of allylic oxidation sites excluding steroid dienone is 2. The van der Waals surface area contributed by atoms with E-state index in [1.54, 1.807) is 24.3 Å². The van der Waals surface area contributed by atoms with Gasteiger partial charge in [-0.3, -0.25) is 18.6 Å². The lowest BCUT2D eigenvalue weighted by Crippen LogP contribution is -2.71. The van der Waals surface area contributed by atoms with E-state index < -0.39 is 177 Å². The monoisotopic (exact) mass is 1140 g/mol. The summed E-state index contributed by atoms with van der Waals surface area (Å²) < 4.78 is 81.2. The molecule has 28 nitrogen and oxygen atoms in total. The van der Waals surface area contributed by atoms with Crippen LogP contribution >= 0.6 is 0 Å². The van der Waals surface area contributed by atoms with Crippen LogP contribution in [0.25, 0.3) is 0 Å². The van der Waals surface area contributed by atoms with E-state index in [0.29, 0.717) is 17.9 Å². The van der Waals surface area contributed by atoms with Crippen LogP contribution in [-0.2, 0) is 72.9 Å². The summed E-state index contributed by atoms with van der Waals surface area (Å²) >= 11 is 0. The first-order chi connectivity index (χ1) is 37.2. The molecule has 1 aromatic rings. The van der Waals surface area contributed by atoms with E-state index in [-0.39, 0.29) is 6.54 Å². The van der Waals surface area contributed by atoms with Gasteiger partial charge in [0, 0.05) is 27.3 Å². The highest BCUT2D eigenvalue weighted by atomic mass is 32.3. The Morgan fingerprint density at radius 3 is 1.64 bits per heavy atom. The van der Waals surface area contributed by atoms with E-state index in [9.17, 15) is 68.8 Å². The second-order valence-corrected chi connectivity index (χ2v) is 20.8. The van der Waals surface area contributed by atoms with Crippen molar-refractivity contribution in [2.24, 2.45) is 0 Å². The van der Waals surface area contributed by atoms with Crippen molar-refractivity contribution in [1.82, 2.24) is 21.3 Å². The van der Waals surface area contributed by atoms with Crippen LogP contribution < -0.4 is 26.0 Å². The Hall–Kier alpha value is -3.64. The Kier molecular flexibility index (Phi) is 26.4. The lowest BCUT2D eigenvalue weighted by atomic mass is 9.93. The molecule has 4 aliphatic heterocycles. The average molecular weight is 1140 g/mol. The summed E-state index contributed by atoms with van der Waals surface area (Å²) in [6, 6.07) is 0.928. The fraction of sp³-hybridized carbons (Fsp3) is 0.776. The van der Waals surface area contributed by atoms with Crippen molar-refractivity contribution in [3.05, 3.63) is 42.0 Å². The second-order valence-electron chi connectivity index (χ2n) is 19.4. The normalized spacial score (nSPS) is 35.5. The molecule has 0 radical (unpaired) electrons. The summed E-state index contributed by atoms with van der Waals surface area (Å²) in [6.45, 7) is 2.28. The van der Waals surface area contributed by atoms with Gasteiger partial charge in [0.1, 0.15) is 97.1 Å². The number of aliphatic hydroxyl groups excluding tert-OH is 9. The number of nitrogens with one attached hydrogen (secondary N) is 4. The van der Waals surface area contributed by atoms with Gasteiger partial charge in [-0.05, 0) is 43.4 Å². The number of amides is 3. The minimum atomic E-state index is -4.64. The van der Waals surface area contributed by atoms with Gasteiger partial charge in [-0.15, -0.1) is 0 Å². The smallest absolute Gasteiger partial charge is 0.399 e. The van der Waals surface area contributed by atoms with E-state index in [4.69, 9.17) is 42.1 Å². The molecule has 4 heterocycles. The highest BCUT2D eigenvalue weighted by Crippen LogP contribution is 2.35. The fourth-order valence-corrected chi connectivity index (χ4v) is 9.88. The minimum absolute atomic E-state index is 0.0592. The second kappa shape index (κ2) is 31.5. The Bertz CT molecular complexity index is 2150. The van der Waals surface area contributed by atoms with E-state index in [1.807, 2.05) is 0 Å².